The third kappa shape index (κ3) is 4.10. The third-order valence-electron chi connectivity index (χ3n) is 5.29. The number of carbonyl (C=O) groups excluding carboxylic acids is 1. The molecule has 4 nitrogen and oxygen atoms in total. The standard InChI is InChI=1S/C23H29NO3/c1-5-23(6-2)15-19(17-11-7-10-14-21(17)27-23)24-22(25)18-12-8-9-13-20(18)26-16(3)4/h7-14,16,19H,5-6,15H2,1-4H3,(H,24,25)/t19-/m1/s1. The molecule has 0 spiro atoms. The number of hydrogen-bond donors (Lipinski definition) is 1. The Morgan fingerprint density at radius 2 is 1.81 bits per heavy atom. The first-order valence-corrected chi connectivity index (χ1v) is 9.82. The van der Waals surface area contributed by atoms with Gasteiger partial charge < -0.3 is 14.8 Å². The zero-order valence-electron chi connectivity index (χ0n) is 16.6. The number of fused-ring (bicyclic) bond motifs is 1. The summed E-state index contributed by atoms with van der Waals surface area (Å²) in [5.74, 6) is 1.36. The van der Waals surface area contributed by atoms with Gasteiger partial charge in [-0.1, -0.05) is 44.2 Å². The van der Waals surface area contributed by atoms with Gasteiger partial charge in [0.2, 0.25) is 0 Å². The second-order valence-electron chi connectivity index (χ2n) is 7.42. The first-order valence-electron chi connectivity index (χ1n) is 9.82. The number of carbonyl (C=O) groups is 1. The molecule has 0 aliphatic carbocycles. The van der Waals surface area contributed by atoms with Crippen LogP contribution in [0.5, 0.6) is 11.5 Å². The van der Waals surface area contributed by atoms with E-state index in [1.807, 2.05) is 62.4 Å². The normalized spacial score (nSPS) is 17.7. The lowest BCUT2D eigenvalue weighted by Gasteiger charge is -2.41. The van der Waals surface area contributed by atoms with Crippen molar-refractivity contribution in [2.45, 2.75) is 64.7 Å². The van der Waals surface area contributed by atoms with Crippen molar-refractivity contribution in [1.82, 2.24) is 5.32 Å². The Hall–Kier alpha value is -2.49. The summed E-state index contributed by atoms with van der Waals surface area (Å²) in [6, 6.07) is 15.3. The maximum Gasteiger partial charge on any atom is 0.255 e. The minimum atomic E-state index is -0.250. The SMILES string of the molecule is CCC1(CC)C[C@@H](NC(=O)c2ccccc2OC(C)C)c2ccccc2O1. The smallest absolute Gasteiger partial charge is 0.255 e. The highest BCUT2D eigenvalue weighted by atomic mass is 16.5. The molecule has 0 aromatic heterocycles. The van der Waals surface area contributed by atoms with Crippen molar-refractivity contribution in [1.29, 1.82) is 0 Å². The van der Waals surface area contributed by atoms with E-state index < -0.39 is 0 Å². The molecule has 1 N–H and O–H groups in total. The minimum absolute atomic E-state index is 0.00980. The quantitative estimate of drug-likeness (QED) is 0.755. The molecule has 144 valence electrons. The molecule has 3 rings (SSSR count). The van der Waals surface area contributed by atoms with Gasteiger partial charge in [0, 0.05) is 12.0 Å². The van der Waals surface area contributed by atoms with Gasteiger partial charge in [0.25, 0.3) is 5.91 Å². The van der Waals surface area contributed by atoms with Gasteiger partial charge >= 0.3 is 0 Å². The van der Waals surface area contributed by atoms with Crippen LogP contribution in [0.2, 0.25) is 0 Å². The molecule has 4 heteroatoms. The second-order valence-corrected chi connectivity index (χ2v) is 7.42. The van der Waals surface area contributed by atoms with Crippen LogP contribution in [-0.4, -0.2) is 17.6 Å². The summed E-state index contributed by atoms with van der Waals surface area (Å²) < 4.78 is 12.2. The maximum absolute atomic E-state index is 13.1. The van der Waals surface area contributed by atoms with E-state index in [-0.39, 0.29) is 23.7 Å². The van der Waals surface area contributed by atoms with Gasteiger partial charge in [0.15, 0.2) is 0 Å². The van der Waals surface area contributed by atoms with Crippen LogP contribution < -0.4 is 14.8 Å². The molecule has 1 amide bonds. The molecule has 0 unspecified atom stereocenters. The van der Waals surface area contributed by atoms with Crippen molar-refractivity contribution in [2.75, 3.05) is 0 Å². The van der Waals surface area contributed by atoms with E-state index in [9.17, 15) is 4.79 Å². The van der Waals surface area contributed by atoms with Crippen LogP contribution in [0.15, 0.2) is 48.5 Å². The number of para-hydroxylation sites is 2. The van der Waals surface area contributed by atoms with Gasteiger partial charge in [-0.2, -0.15) is 0 Å². The fourth-order valence-electron chi connectivity index (χ4n) is 3.68. The summed E-state index contributed by atoms with van der Waals surface area (Å²) in [5.41, 5.74) is 1.35. The topological polar surface area (TPSA) is 47.6 Å². The summed E-state index contributed by atoms with van der Waals surface area (Å²) >= 11 is 0. The maximum atomic E-state index is 13.1. The summed E-state index contributed by atoms with van der Waals surface area (Å²) in [5, 5.41) is 3.23. The molecule has 0 bridgehead atoms. The van der Waals surface area contributed by atoms with Crippen LogP contribution in [-0.2, 0) is 0 Å². The van der Waals surface area contributed by atoms with E-state index in [0.29, 0.717) is 11.3 Å². The Morgan fingerprint density at radius 1 is 1.15 bits per heavy atom. The predicted molar refractivity (Wildman–Crippen MR) is 107 cm³/mol. The van der Waals surface area contributed by atoms with Gasteiger partial charge in [0.05, 0.1) is 17.7 Å². The van der Waals surface area contributed by atoms with Crippen LogP contribution >= 0.6 is 0 Å². The van der Waals surface area contributed by atoms with Crippen molar-refractivity contribution in [3.63, 3.8) is 0 Å². The Labute approximate surface area is 161 Å². The zero-order valence-corrected chi connectivity index (χ0v) is 16.6. The summed E-state index contributed by atoms with van der Waals surface area (Å²) in [4.78, 5) is 13.1. The Bertz CT molecular complexity index is 796. The Kier molecular flexibility index (Phi) is 5.73. The fraction of sp³-hybridized carbons (Fsp3) is 0.435. The first kappa shape index (κ1) is 19.3. The molecule has 0 fully saturated rings. The minimum Gasteiger partial charge on any atom is -0.490 e. The van der Waals surface area contributed by atoms with Gasteiger partial charge in [-0.15, -0.1) is 0 Å². The van der Waals surface area contributed by atoms with Gasteiger partial charge in [-0.3, -0.25) is 4.79 Å². The molecule has 0 saturated carbocycles. The number of amides is 1. The highest BCUT2D eigenvalue weighted by Crippen LogP contribution is 2.42. The summed E-state index contributed by atoms with van der Waals surface area (Å²) in [6.45, 7) is 8.20. The molecule has 1 aliphatic rings. The van der Waals surface area contributed by atoms with Crippen LogP contribution in [0.25, 0.3) is 0 Å². The number of benzene rings is 2. The van der Waals surface area contributed by atoms with Crippen molar-refractivity contribution in [3.8, 4) is 11.5 Å². The third-order valence-corrected chi connectivity index (χ3v) is 5.29. The van der Waals surface area contributed by atoms with E-state index in [0.717, 1.165) is 30.6 Å². The number of ether oxygens (including phenoxy) is 2. The fourth-order valence-corrected chi connectivity index (χ4v) is 3.68. The highest BCUT2D eigenvalue weighted by Gasteiger charge is 2.39. The lowest BCUT2D eigenvalue weighted by Crippen LogP contribution is -2.44. The van der Waals surface area contributed by atoms with E-state index in [1.165, 1.54) is 0 Å². The molecule has 2 aromatic carbocycles. The molecule has 27 heavy (non-hydrogen) atoms. The second kappa shape index (κ2) is 8.03. The molecule has 1 heterocycles. The van der Waals surface area contributed by atoms with Gasteiger partial charge in [-0.05, 0) is 44.9 Å². The molecule has 0 radical (unpaired) electrons. The molecular formula is C23H29NO3. The molecular weight excluding hydrogens is 338 g/mol. The lowest BCUT2D eigenvalue weighted by atomic mass is 9.83. The van der Waals surface area contributed by atoms with Crippen LogP contribution in [0.3, 0.4) is 0 Å². The molecule has 2 aromatic rings. The zero-order chi connectivity index (χ0) is 19.4. The first-order chi connectivity index (χ1) is 13.0. The van der Waals surface area contributed by atoms with Crippen LogP contribution in [0.4, 0.5) is 0 Å². The number of nitrogens with one attached hydrogen (secondary N) is 1. The Balaban J connectivity index is 1.89. The average Bonchev–Trinajstić information content (AvgIpc) is 2.67. The summed E-state index contributed by atoms with van der Waals surface area (Å²) in [6.07, 6.45) is 2.57. The Morgan fingerprint density at radius 3 is 2.52 bits per heavy atom. The number of rotatable bonds is 6. The van der Waals surface area contributed by atoms with Crippen LogP contribution in [0.1, 0.15) is 68.9 Å². The van der Waals surface area contributed by atoms with E-state index in [4.69, 9.17) is 9.47 Å². The van der Waals surface area contributed by atoms with E-state index in [2.05, 4.69) is 19.2 Å². The van der Waals surface area contributed by atoms with Gasteiger partial charge in [0.1, 0.15) is 17.1 Å². The van der Waals surface area contributed by atoms with E-state index in [1.54, 1.807) is 0 Å². The van der Waals surface area contributed by atoms with Crippen molar-refractivity contribution >= 4 is 5.91 Å². The van der Waals surface area contributed by atoms with Gasteiger partial charge in [-0.25, -0.2) is 0 Å². The molecule has 1 atom stereocenters. The predicted octanol–water partition coefficient (Wildman–Crippen LogP) is 5.29. The largest absolute Gasteiger partial charge is 0.490 e. The molecule has 0 saturated heterocycles. The average molecular weight is 367 g/mol. The number of hydrogen-bond acceptors (Lipinski definition) is 3. The molecule has 1 aliphatic heterocycles. The van der Waals surface area contributed by atoms with E-state index >= 15 is 0 Å². The highest BCUT2D eigenvalue weighted by molar-refractivity contribution is 5.97. The van der Waals surface area contributed by atoms with Crippen molar-refractivity contribution < 1.29 is 14.3 Å². The van der Waals surface area contributed by atoms with Crippen LogP contribution in [0, 0.1) is 0 Å². The summed E-state index contributed by atoms with van der Waals surface area (Å²) in [7, 11) is 0. The lowest BCUT2D eigenvalue weighted by molar-refractivity contribution is 0.0227. The van der Waals surface area contributed by atoms with Crippen molar-refractivity contribution in [2.24, 2.45) is 0 Å². The van der Waals surface area contributed by atoms with Crippen molar-refractivity contribution in [3.05, 3.63) is 59.7 Å². The monoisotopic (exact) mass is 367 g/mol.